The van der Waals surface area contributed by atoms with Crippen LogP contribution in [0.3, 0.4) is 0 Å². The molecule has 0 spiro atoms. The number of amides is 2. The van der Waals surface area contributed by atoms with Crippen molar-refractivity contribution in [3.63, 3.8) is 0 Å². The number of nitrogens with zero attached hydrogens (tertiary/aromatic N) is 2. The third kappa shape index (κ3) is 4.82. The minimum atomic E-state index is -1.04. The van der Waals surface area contributed by atoms with Crippen molar-refractivity contribution < 1.29 is 23.9 Å². The number of fused-ring (bicyclic) bond motifs is 1. The lowest BCUT2D eigenvalue weighted by molar-refractivity contribution is -0.161. The van der Waals surface area contributed by atoms with Crippen LogP contribution in [0.2, 0.25) is 0 Å². The smallest absolute Gasteiger partial charge is 0.326 e. The number of benzene rings is 2. The molecular weight excluding hydrogens is 396 g/mol. The summed E-state index contributed by atoms with van der Waals surface area (Å²) in [5.41, 5.74) is 1.09. The van der Waals surface area contributed by atoms with E-state index in [0.717, 1.165) is 10.5 Å². The molecule has 7 nitrogen and oxygen atoms in total. The van der Waals surface area contributed by atoms with Crippen LogP contribution in [0, 0.1) is 0 Å². The molecule has 0 radical (unpaired) electrons. The summed E-state index contributed by atoms with van der Waals surface area (Å²) in [5.74, 6) is -2.53. The normalized spacial score (nSPS) is 14.3. The summed E-state index contributed by atoms with van der Waals surface area (Å²) in [7, 11) is 0. The molecule has 0 fully saturated rings. The molecule has 31 heavy (non-hydrogen) atoms. The van der Waals surface area contributed by atoms with Crippen LogP contribution in [0.5, 0.6) is 0 Å². The number of Topliss-reactive ketones (excluding diaryl/α,β-unsaturated/α-hetero) is 1. The molecule has 0 saturated heterocycles. The summed E-state index contributed by atoms with van der Waals surface area (Å²) in [6.07, 6.45) is -1.04. The average molecular weight is 422 g/mol. The monoisotopic (exact) mass is 422 g/mol. The molecule has 2 aromatic rings. The number of hydrogen-bond donors (Lipinski definition) is 0. The number of ketones is 1. The van der Waals surface area contributed by atoms with Crippen molar-refractivity contribution in [2.75, 3.05) is 11.4 Å². The van der Waals surface area contributed by atoms with Crippen molar-refractivity contribution >= 4 is 29.3 Å². The summed E-state index contributed by atoms with van der Waals surface area (Å²) in [5, 5.41) is 0. The van der Waals surface area contributed by atoms with Crippen LogP contribution in [0.25, 0.3) is 0 Å². The third-order valence-corrected chi connectivity index (χ3v) is 5.08. The SMILES string of the molecule is C[C@H](OC(=O)CN1C(=O)C(=O)c2ccccc21)C(=O)N(Cc1ccccc1)C(C)(C)C. The molecule has 0 aliphatic carbocycles. The molecule has 162 valence electrons. The Morgan fingerprint density at radius 3 is 2.26 bits per heavy atom. The van der Waals surface area contributed by atoms with Crippen molar-refractivity contribution in [2.24, 2.45) is 0 Å². The highest BCUT2D eigenvalue weighted by atomic mass is 16.5. The van der Waals surface area contributed by atoms with Gasteiger partial charge >= 0.3 is 5.97 Å². The van der Waals surface area contributed by atoms with Crippen molar-refractivity contribution in [1.29, 1.82) is 0 Å². The van der Waals surface area contributed by atoms with Crippen LogP contribution in [-0.2, 0) is 25.7 Å². The van der Waals surface area contributed by atoms with Crippen LogP contribution < -0.4 is 4.90 Å². The maximum Gasteiger partial charge on any atom is 0.326 e. The molecule has 2 amide bonds. The Labute approximate surface area is 181 Å². The fourth-order valence-corrected chi connectivity index (χ4v) is 3.45. The average Bonchev–Trinajstić information content (AvgIpc) is 2.96. The van der Waals surface area contributed by atoms with Gasteiger partial charge in [0, 0.05) is 12.1 Å². The van der Waals surface area contributed by atoms with Gasteiger partial charge in [-0.2, -0.15) is 0 Å². The number of carbonyl (C=O) groups excluding carboxylic acids is 4. The highest BCUT2D eigenvalue weighted by molar-refractivity contribution is 6.52. The van der Waals surface area contributed by atoms with E-state index < -0.39 is 35.8 Å². The second-order valence-corrected chi connectivity index (χ2v) is 8.45. The standard InChI is InChI=1S/C24H26N2O5/c1-16(22(29)26(24(2,3)4)14-17-10-6-5-7-11-17)31-20(27)15-25-19-13-9-8-12-18(19)21(28)23(25)30/h5-13,16H,14-15H2,1-4H3/t16-/m0/s1. The summed E-state index contributed by atoms with van der Waals surface area (Å²) in [6, 6.07) is 16.0. The predicted molar refractivity (Wildman–Crippen MR) is 115 cm³/mol. The molecule has 2 aromatic carbocycles. The van der Waals surface area contributed by atoms with Crippen LogP contribution in [0.4, 0.5) is 5.69 Å². The number of hydrogen-bond acceptors (Lipinski definition) is 5. The number of anilines is 1. The van der Waals surface area contributed by atoms with Crippen LogP contribution in [-0.4, -0.2) is 46.7 Å². The van der Waals surface area contributed by atoms with E-state index in [0.29, 0.717) is 12.2 Å². The molecule has 0 unspecified atom stereocenters. The largest absolute Gasteiger partial charge is 0.451 e. The molecule has 7 heteroatoms. The molecule has 1 aliphatic rings. The van der Waals surface area contributed by atoms with Gasteiger partial charge in [0.1, 0.15) is 6.54 Å². The molecule has 3 rings (SSSR count). The van der Waals surface area contributed by atoms with Gasteiger partial charge in [0.15, 0.2) is 6.10 Å². The van der Waals surface area contributed by atoms with E-state index in [-0.39, 0.29) is 11.5 Å². The van der Waals surface area contributed by atoms with Gasteiger partial charge in [0.05, 0.1) is 11.3 Å². The Morgan fingerprint density at radius 1 is 1.00 bits per heavy atom. The minimum Gasteiger partial charge on any atom is -0.451 e. The lowest BCUT2D eigenvalue weighted by Gasteiger charge is -2.37. The van der Waals surface area contributed by atoms with E-state index in [1.165, 1.54) is 13.0 Å². The van der Waals surface area contributed by atoms with Crippen molar-refractivity contribution in [2.45, 2.75) is 45.9 Å². The summed E-state index contributed by atoms with van der Waals surface area (Å²) in [6.45, 7) is 7.18. The van der Waals surface area contributed by atoms with Gasteiger partial charge in [-0.1, -0.05) is 42.5 Å². The Hall–Kier alpha value is -3.48. The van der Waals surface area contributed by atoms with Crippen LogP contribution in [0.15, 0.2) is 54.6 Å². The first kappa shape index (κ1) is 22.2. The van der Waals surface area contributed by atoms with Gasteiger partial charge in [0.2, 0.25) is 0 Å². The van der Waals surface area contributed by atoms with Crippen molar-refractivity contribution in [3.05, 3.63) is 65.7 Å². The Bertz CT molecular complexity index is 1010. The zero-order valence-corrected chi connectivity index (χ0v) is 18.1. The highest BCUT2D eigenvalue weighted by Crippen LogP contribution is 2.28. The predicted octanol–water partition coefficient (Wildman–Crippen LogP) is 2.97. The van der Waals surface area contributed by atoms with E-state index in [2.05, 4.69) is 0 Å². The second-order valence-electron chi connectivity index (χ2n) is 8.45. The lowest BCUT2D eigenvalue weighted by atomic mass is 10.0. The number of esters is 1. The fourth-order valence-electron chi connectivity index (χ4n) is 3.45. The van der Waals surface area contributed by atoms with E-state index >= 15 is 0 Å². The molecule has 1 atom stereocenters. The van der Waals surface area contributed by atoms with Crippen LogP contribution >= 0.6 is 0 Å². The van der Waals surface area contributed by atoms with Gasteiger partial charge in [-0.05, 0) is 45.4 Å². The maximum atomic E-state index is 13.1. The first-order valence-corrected chi connectivity index (χ1v) is 10.1. The van der Waals surface area contributed by atoms with Crippen LogP contribution in [0.1, 0.15) is 43.6 Å². The Balaban J connectivity index is 1.69. The molecule has 0 aromatic heterocycles. The Kier molecular flexibility index (Phi) is 6.24. The number of rotatable bonds is 6. The first-order valence-electron chi connectivity index (χ1n) is 10.1. The number of para-hydroxylation sites is 1. The number of carbonyl (C=O) groups is 4. The van der Waals surface area contributed by atoms with E-state index in [4.69, 9.17) is 4.74 Å². The highest BCUT2D eigenvalue weighted by Gasteiger charge is 2.38. The third-order valence-electron chi connectivity index (χ3n) is 5.08. The maximum absolute atomic E-state index is 13.1. The van der Waals surface area contributed by atoms with Gasteiger partial charge in [-0.25, -0.2) is 0 Å². The van der Waals surface area contributed by atoms with E-state index in [1.807, 2.05) is 51.1 Å². The van der Waals surface area contributed by atoms with E-state index in [1.54, 1.807) is 23.1 Å². The molecule has 1 aliphatic heterocycles. The van der Waals surface area contributed by atoms with Gasteiger partial charge < -0.3 is 9.64 Å². The second kappa shape index (κ2) is 8.71. The fraction of sp³-hybridized carbons (Fsp3) is 0.333. The molecule has 0 N–H and O–H groups in total. The van der Waals surface area contributed by atoms with Crippen molar-refractivity contribution in [3.8, 4) is 0 Å². The topological polar surface area (TPSA) is 84.0 Å². The zero-order valence-electron chi connectivity index (χ0n) is 18.1. The molecule has 1 heterocycles. The molecular formula is C24H26N2O5. The van der Waals surface area contributed by atoms with Gasteiger partial charge in [-0.3, -0.25) is 24.1 Å². The summed E-state index contributed by atoms with van der Waals surface area (Å²) >= 11 is 0. The zero-order chi connectivity index (χ0) is 22.8. The summed E-state index contributed by atoms with van der Waals surface area (Å²) < 4.78 is 5.35. The molecule has 0 bridgehead atoms. The Morgan fingerprint density at radius 2 is 1.61 bits per heavy atom. The van der Waals surface area contributed by atoms with Gasteiger partial charge in [0.25, 0.3) is 17.6 Å². The summed E-state index contributed by atoms with van der Waals surface area (Å²) in [4.78, 5) is 52.7. The molecule has 0 saturated carbocycles. The van der Waals surface area contributed by atoms with Crippen molar-refractivity contribution in [1.82, 2.24) is 4.90 Å². The number of ether oxygens (including phenoxy) is 1. The minimum absolute atomic E-state index is 0.256. The van der Waals surface area contributed by atoms with Gasteiger partial charge in [-0.15, -0.1) is 0 Å². The first-order chi connectivity index (χ1) is 14.6. The van der Waals surface area contributed by atoms with E-state index in [9.17, 15) is 19.2 Å². The quantitative estimate of drug-likeness (QED) is 0.528. The lowest BCUT2D eigenvalue weighted by Crippen LogP contribution is -2.50.